The van der Waals surface area contributed by atoms with Gasteiger partial charge < -0.3 is 5.73 Å². The van der Waals surface area contributed by atoms with E-state index in [-0.39, 0.29) is 0 Å². The van der Waals surface area contributed by atoms with Gasteiger partial charge in [0.05, 0.1) is 0 Å². The van der Waals surface area contributed by atoms with E-state index in [1.807, 2.05) is 18.2 Å². The molecule has 0 aliphatic carbocycles. The summed E-state index contributed by atoms with van der Waals surface area (Å²) in [6.45, 7) is 2.82. The minimum absolute atomic E-state index is 0.407. The summed E-state index contributed by atoms with van der Waals surface area (Å²) in [5.74, 6) is 0.407. The number of halogens is 1. The van der Waals surface area contributed by atoms with Crippen LogP contribution in [0.4, 0.5) is 0 Å². The molecule has 2 N–H and O–H groups in total. The Kier molecular flexibility index (Phi) is 2.94. The van der Waals surface area contributed by atoms with Crippen molar-refractivity contribution >= 4 is 22.4 Å². The third kappa shape index (κ3) is 2.14. The van der Waals surface area contributed by atoms with Gasteiger partial charge in [0, 0.05) is 5.02 Å². The fourth-order valence-electron chi connectivity index (χ4n) is 1.68. The first-order valence-electron chi connectivity index (χ1n) is 5.10. The van der Waals surface area contributed by atoms with Crippen LogP contribution >= 0.6 is 11.6 Å². The molecule has 0 heterocycles. The maximum atomic E-state index is 5.93. The average molecular weight is 220 g/mol. The number of benzene rings is 2. The third-order valence-electron chi connectivity index (χ3n) is 2.75. The van der Waals surface area contributed by atoms with Gasteiger partial charge >= 0.3 is 0 Å². The molecule has 1 nitrogen and oxygen atoms in total. The zero-order valence-corrected chi connectivity index (χ0v) is 9.46. The van der Waals surface area contributed by atoms with Crippen LogP contribution in [0.25, 0.3) is 10.8 Å². The zero-order chi connectivity index (χ0) is 10.8. The van der Waals surface area contributed by atoms with Crippen LogP contribution in [0.2, 0.25) is 5.02 Å². The molecule has 1 atom stereocenters. The maximum Gasteiger partial charge on any atom is 0.0412 e. The van der Waals surface area contributed by atoms with Gasteiger partial charge in [-0.25, -0.2) is 0 Å². The van der Waals surface area contributed by atoms with Gasteiger partial charge in [-0.2, -0.15) is 0 Å². The molecule has 78 valence electrons. The van der Waals surface area contributed by atoms with Crippen LogP contribution in [0.3, 0.4) is 0 Å². The molecule has 0 saturated carbocycles. The van der Waals surface area contributed by atoms with Gasteiger partial charge in [-0.3, -0.25) is 0 Å². The molecule has 0 spiro atoms. The molecule has 0 bridgehead atoms. The highest BCUT2D eigenvalue weighted by molar-refractivity contribution is 6.31. The predicted molar refractivity (Wildman–Crippen MR) is 66.4 cm³/mol. The van der Waals surface area contributed by atoms with E-state index in [1.54, 1.807) is 0 Å². The molecule has 15 heavy (non-hydrogen) atoms. The molecule has 0 saturated heterocycles. The molecular formula is C13H14ClN. The van der Waals surface area contributed by atoms with Crippen LogP contribution in [-0.4, -0.2) is 6.54 Å². The third-order valence-corrected chi connectivity index (χ3v) is 2.98. The predicted octanol–water partition coefficient (Wildman–Crippen LogP) is 3.56. The van der Waals surface area contributed by atoms with E-state index in [2.05, 4.69) is 25.1 Å². The largest absolute Gasteiger partial charge is 0.330 e. The highest BCUT2D eigenvalue weighted by Crippen LogP contribution is 2.23. The normalized spacial score (nSPS) is 13.0. The van der Waals surface area contributed by atoms with Crippen molar-refractivity contribution in [3.05, 3.63) is 47.0 Å². The zero-order valence-electron chi connectivity index (χ0n) is 8.70. The van der Waals surface area contributed by atoms with Crippen molar-refractivity contribution in [3.63, 3.8) is 0 Å². The van der Waals surface area contributed by atoms with E-state index in [9.17, 15) is 0 Å². The lowest BCUT2D eigenvalue weighted by Crippen LogP contribution is -2.08. The van der Waals surface area contributed by atoms with Gasteiger partial charge in [0.2, 0.25) is 0 Å². The van der Waals surface area contributed by atoms with E-state index in [1.165, 1.54) is 16.3 Å². The van der Waals surface area contributed by atoms with E-state index in [0.717, 1.165) is 5.02 Å². The van der Waals surface area contributed by atoms with Crippen LogP contribution in [0, 0.1) is 0 Å². The second-order valence-electron chi connectivity index (χ2n) is 3.89. The van der Waals surface area contributed by atoms with E-state index < -0.39 is 0 Å². The van der Waals surface area contributed by atoms with Gasteiger partial charge in [-0.15, -0.1) is 0 Å². The lowest BCUT2D eigenvalue weighted by molar-refractivity contribution is 0.775. The highest BCUT2D eigenvalue weighted by Gasteiger charge is 2.03. The topological polar surface area (TPSA) is 26.0 Å². The van der Waals surface area contributed by atoms with Crippen LogP contribution < -0.4 is 5.73 Å². The molecule has 2 aromatic carbocycles. The summed E-state index contributed by atoms with van der Waals surface area (Å²) >= 11 is 5.93. The Bertz CT molecular complexity index is 479. The Hall–Kier alpha value is -1.05. The first-order valence-corrected chi connectivity index (χ1v) is 5.48. The van der Waals surface area contributed by atoms with Crippen molar-refractivity contribution in [1.29, 1.82) is 0 Å². The Morgan fingerprint density at radius 1 is 1.13 bits per heavy atom. The number of nitrogens with two attached hydrogens (primary N) is 1. The van der Waals surface area contributed by atoms with Gasteiger partial charge in [0.1, 0.15) is 0 Å². The Morgan fingerprint density at radius 3 is 2.53 bits per heavy atom. The summed E-state index contributed by atoms with van der Waals surface area (Å²) in [4.78, 5) is 0. The second-order valence-corrected chi connectivity index (χ2v) is 4.32. The van der Waals surface area contributed by atoms with Gasteiger partial charge in [0.25, 0.3) is 0 Å². The maximum absolute atomic E-state index is 5.93. The molecular weight excluding hydrogens is 206 g/mol. The van der Waals surface area contributed by atoms with Crippen LogP contribution in [0.1, 0.15) is 18.4 Å². The minimum Gasteiger partial charge on any atom is -0.330 e. The van der Waals surface area contributed by atoms with Crippen molar-refractivity contribution in [3.8, 4) is 0 Å². The fourth-order valence-corrected chi connectivity index (χ4v) is 1.86. The summed E-state index contributed by atoms with van der Waals surface area (Å²) in [5.41, 5.74) is 6.94. The minimum atomic E-state index is 0.407. The van der Waals surface area contributed by atoms with Crippen LogP contribution in [0.15, 0.2) is 36.4 Å². The highest BCUT2D eigenvalue weighted by atomic mass is 35.5. The first-order chi connectivity index (χ1) is 7.20. The van der Waals surface area contributed by atoms with E-state index in [0.29, 0.717) is 12.5 Å². The SMILES string of the molecule is CC(CN)c1ccc2cc(Cl)ccc2c1. The summed E-state index contributed by atoms with van der Waals surface area (Å²) in [5, 5.41) is 3.18. The lowest BCUT2D eigenvalue weighted by Gasteiger charge is -2.09. The van der Waals surface area contributed by atoms with Crippen molar-refractivity contribution in [2.24, 2.45) is 5.73 Å². The summed E-state index contributed by atoms with van der Waals surface area (Å²) in [6.07, 6.45) is 0. The van der Waals surface area contributed by atoms with Gasteiger partial charge in [0.15, 0.2) is 0 Å². The summed E-state index contributed by atoms with van der Waals surface area (Å²) in [7, 11) is 0. The van der Waals surface area contributed by atoms with Crippen molar-refractivity contribution in [1.82, 2.24) is 0 Å². The van der Waals surface area contributed by atoms with E-state index in [4.69, 9.17) is 17.3 Å². The molecule has 0 radical (unpaired) electrons. The molecule has 0 amide bonds. The molecule has 2 aromatic rings. The summed E-state index contributed by atoms with van der Waals surface area (Å²) < 4.78 is 0. The molecule has 2 heteroatoms. The number of rotatable bonds is 2. The molecule has 0 aliphatic heterocycles. The van der Waals surface area contributed by atoms with Crippen LogP contribution in [-0.2, 0) is 0 Å². The fraction of sp³-hybridized carbons (Fsp3) is 0.231. The molecule has 0 aliphatic rings. The first kappa shape index (κ1) is 10.5. The average Bonchev–Trinajstić information content (AvgIpc) is 2.27. The Labute approximate surface area is 94.9 Å². The number of fused-ring (bicyclic) bond motifs is 1. The lowest BCUT2D eigenvalue weighted by atomic mass is 9.98. The van der Waals surface area contributed by atoms with E-state index >= 15 is 0 Å². The molecule has 0 fully saturated rings. The van der Waals surface area contributed by atoms with Gasteiger partial charge in [-0.05, 0) is 40.9 Å². The smallest absolute Gasteiger partial charge is 0.0412 e. The standard InChI is InChI=1S/C13H14ClN/c1-9(8-15)10-2-3-12-7-13(14)5-4-11(12)6-10/h2-7,9H,8,15H2,1H3. The number of hydrogen-bond acceptors (Lipinski definition) is 1. The van der Waals surface area contributed by atoms with Crippen molar-refractivity contribution in [2.75, 3.05) is 6.54 Å². The molecule has 0 aromatic heterocycles. The monoisotopic (exact) mass is 219 g/mol. The Morgan fingerprint density at radius 2 is 1.80 bits per heavy atom. The van der Waals surface area contributed by atoms with Gasteiger partial charge in [-0.1, -0.05) is 42.8 Å². The quantitative estimate of drug-likeness (QED) is 0.821. The number of hydrogen-bond donors (Lipinski definition) is 1. The molecule has 1 unspecified atom stereocenters. The molecule has 2 rings (SSSR count). The van der Waals surface area contributed by atoms with Crippen LogP contribution in [0.5, 0.6) is 0 Å². The van der Waals surface area contributed by atoms with Crippen molar-refractivity contribution in [2.45, 2.75) is 12.8 Å². The Balaban J connectivity index is 2.52. The van der Waals surface area contributed by atoms with Crippen molar-refractivity contribution < 1.29 is 0 Å². The second kappa shape index (κ2) is 4.21. The summed E-state index contributed by atoms with van der Waals surface area (Å²) in [6, 6.07) is 12.3.